The van der Waals surface area contributed by atoms with E-state index in [1.54, 1.807) is 6.07 Å². The zero-order valence-electron chi connectivity index (χ0n) is 17.8. The lowest BCUT2D eigenvalue weighted by Gasteiger charge is -2.21. The van der Waals surface area contributed by atoms with Gasteiger partial charge in [0.05, 0.1) is 5.52 Å². The van der Waals surface area contributed by atoms with Gasteiger partial charge in [-0.25, -0.2) is 4.39 Å². The van der Waals surface area contributed by atoms with Gasteiger partial charge in [0.1, 0.15) is 5.82 Å². The lowest BCUT2D eigenvalue weighted by atomic mass is 9.85. The summed E-state index contributed by atoms with van der Waals surface area (Å²) in [6, 6.07) is 14.0. The van der Waals surface area contributed by atoms with Crippen LogP contribution in [-0.4, -0.2) is 11.5 Å². The van der Waals surface area contributed by atoms with Crippen molar-refractivity contribution in [3.63, 3.8) is 0 Å². The second kappa shape index (κ2) is 10.2. The maximum absolute atomic E-state index is 14.9. The van der Waals surface area contributed by atoms with Crippen LogP contribution in [0.3, 0.4) is 0 Å². The van der Waals surface area contributed by atoms with Gasteiger partial charge in [0, 0.05) is 18.1 Å². The van der Waals surface area contributed by atoms with Crippen LogP contribution in [0.5, 0.6) is 0 Å². The maximum Gasteiger partial charge on any atom is 0.127 e. The molecule has 1 N–H and O–H groups in total. The average molecular weight is 404 g/mol. The number of nitrogens with one attached hydrogen (secondary N) is 1. The summed E-state index contributed by atoms with van der Waals surface area (Å²) in [6.45, 7) is 5.51. The lowest BCUT2D eigenvalue weighted by Crippen LogP contribution is -2.14. The third-order valence-corrected chi connectivity index (χ3v) is 6.43. The predicted octanol–water partition coefficient (Wildman–Crippen LogP) is 6.87. The molecular weight excluding hydrogens is 371 g/mol. The Labute approximate surface area is 179 Å². The summed E-state index contributed by atoms with van der Waals surface area (Å²) in [7, 11) is 0. The second-order valence-electron chi connectivity index (χ2n) is 8.55. The van der Waals surface area contributed by atoms with Crippen LogP contribution in [0.2, 0.25) is 0 Å². The van der Waals surface area contributed by atoms with Gasteiger partial charge < -0.3 is 5.32 Å². The van der Waals surface area contributed by atoms with Gasteiger partial charge in [0.25, 0.3) is 0 Å². The number of halogens is 1. The molecule has 0 saturated heterocycles. The molecule has 0 bridgehead atoms. The molecule has 0 spiro atoms. The van der Waals surface area contributed by atoms with Crippen molar-refractivity contribution >= 4 is 10.9 Å². The largest absolute Gasteiger partial charge is 0.313 e. The Morgan fingerprint density at radius 2 is 1.87 bits per heavy atom. The molecule has 1 radical (unpaired) electrons. The molecule has 0 atom stereocenters. The number of hydrogen-bond acceptors (Lipinski definition) is 2. The van der Waals surface area contributed by atoms with Gasteiger partial charge in [-0.2, -0.15) is 0 Å². The number of fused-ring (bicyclic) bond motifs is 1. The molecule has 1 heterocycles. The molecule has 3 heteroatoms. The molecule has 1 aliphatic rings. The Hall–Kier alpha value is -2.26. The van der Waals surface area contributed by atoms with E-state index in [-0.39, 0.29) is 5.82 Å². The van der Waals surface area contributed by atoms with E-state index in [2.05, 4.69) is 41.5 Å². The molecule has 30 heavy (non-hydrogen) atoms. The topological polar surface area (TPSA) is 24.9 Å². The summed E-state index contributed by atoms with van der Waals surface area (Å²) in [5, 5.41) is 4.47. The Bertz CT molecular complexity index is 976. The Kier molecular flexibility index (Phi) is 7.11. The molecule has 1 aliphatic carbocycles. The first-order chi connectivity index (χ1) is 14.8. The second-order valence-corrected chi connectivity index (χ2v) is 8.55. The average Bonchev–Trinajstić information content (AvgIpc) is 2.79. The fourth-order valence-corrected chi connectivity index (χ4v) is 4.73. The predicted molar refractivity (Wildman–Crippen MR) is 124 cm³/mol. The van der Waals surface area contributed by atoms with Crippen LogP contribution in [-0.2, 0) is 13.0 Å². The number of rotatable bonds is 8. The smallest absolute Gasteiger partial charge is 0.127 e. The van der Waals surface area contributed by atoms with E-state index < -0.39 is 0 Å². The quantitative estimate of drug-likeness (QED) is 0.415. The SMILES string of the molecule is [CH2]CCNCc1ccc(-c2ccc(CCC3CCCCC3)c(F)c2)c2cccnc12. The van der Waals surface area contributed by atoms with E-state index in [1.165, 1.54) is 32.1 Å². The molecule has 1 fully saturated rings. The van der Waals surface area contributed by atoms with E-state index in [0.717, 1.165) is 71.4 Å². The Morgan fingerprint density at radius 1 is 1.03 bits per heavy atom. The number of hydrogen-bond donors (Lipinski definition) is 1. The fourth-order valence-electron chi connectivity index (χ4n) is 4.73. The molecular formula is C27H32FN2. The molecule has 3 aromatic rings. The minimum atomic E-state index is -0.0819. The van der Waals surface area contributed by atoms with Crippen LogP contribution in [0.1, 0.15) is 56.1 Å². The van der Waals surface area contributed by atoms with Gasteiger partial charge in [0.2, 0.25) is 0 Å². The number of aromatic nitrogens is 1. The summed E-state index contributed by atoms with van der Waals surface area (Å²) < 4.78 is 14.9. The monoisotopic (exact) mass is 403 g/mol. The number of pyridine rings is 1. The molecule has 0 unspecified atom stereocenters. The van der Waals surface area contributed by atoms with E-state index in [4.69, 9.17) is 0 Å². The van der Waals surface area contributed by atoms with E-state index in [1.807, 2.05) is 18.3 Å². The van der Waals surface area contributed by atoms with Crippen LogP contribution in [0, 0.1) is 18.7 Å². The Balaban J connectivity index is 1.56. The minimum Gasteiger partial charge on any atom is -0.313 e. The third-order valence-electron chi connectivity index (χ3n) is 6.43. The van der Waals surface area contributed by atoms with Gasteiger partial charge in [-0.15, -0.1) is 0 Å². The van der Waals surface area contributed by atoms with Crippen LogP contribution in [0.25, 0.3) is 22.0 Å². The zero-order chi connectivity index (χ0) is 20.8. The normalized spacial score (nSPS) is 15.0. The molecule has 1 aromatic heterocycles. The highest BCUT2D eigenvalue weighted by Gasteiger charge is 2.15. The van der Waals surface area contributed by atoms with Crippen molar-refractivity contribution < 1.29 is 4.39 Å². The standard InChI is InChI=1S/C27H32FN2/c1-2-16-29-19-23-14-15-24(25-9-6-17-30-27(23)25)22-13-12-21(26(28)18-22)11-10-20-7-4-3-5-8-20/h6,9,12-15,17-18,20,29H,1-5,7-8,10-11,16,19H2. The van der Waals surface area contributed by atoms with Crippen molar-refractivity contribution in [1.82, 2.24) is 10.3 Å². The third kappa shape index (κ3) is 4.89. The summed E-state index contributed by atoms with van der Waals surface area (Å²) >= 11 is 0. The summed E-state index contributed by atoms with van der Waals surface area (Å²) in [5.41, 5.74) is 4.95. The van der Waals surface area contributed by atoms with Crippen LogP contribution < -0.4 is 5.32 Å². The van der Waals surface area contributed by atoms with Gasteiger partial charge in [-0.1, -0.05) is 69.4 Å². The summed E-state index contributed by atoms with van der Waals surface area (Å²) in [6.07, 6.45) is 11.3. The van der Waals surface area contributed by atoms with Crippen LogP contribution in [0.15, 0.2) is 48.7 Å². The molecule has 2 nitrogen and oxygen atoms in total. The summed E-state index contributed by atoms with van der Waals surface area (Å²) in [5.74, 6) is 0.694. The summed E-state index contributed by atoms with van der Waals surface area (Å²) in [4.78, 5) is 4.62. The molecule has 2 aromatic carbocycles. The van der Waals surface area contributed by atoms with Crippen LogP contribution >= 0.6 is 0 Å². The number of aryl methyl sites for hydroxylation is 1. The first kappa shape index (κ1) is 21.0. The molecule has 157 valence electrons. The highest BCUT2D eigenvalue weighted by molar-refractivity contribution is 5.96. The molecule has 0 amide bonds. The minimum absolute atomic E-state index is 0.0819. The van der Waals surface area contributed by atoms with Crippen molar-refractivity contribution in [3.05, 3.63) is 72.5 Å². The Morgan fingerprint density at radius 3 is 2.67 bits per heavy atom. The number of nitrogens with zero attached hydrogens (tertiary/aromatic N) is 1. The molecule has 4 rings (SSSR count). The van der Waals surface area contributed by atoms with Crippen LogP contribution in [0.4, 0.5) is 4.39 Å². The molecule has 1 saturated carbocycles. The zero-order valence-corrected chi connectivity index (χ0v) is 17.8. The number of benzene rings is 2. The molecule has 0 aliphatic heterocycles. The van der Waals surface area contributed by atoms with Crippen molar-refractivity contribution in [1.29, 1.82) is 0 Å². The van der Waals surface area contributed by atoms with Gasteiger partial charge >= 0.3 is 0 Å². The highest BCUT2D eigenvalue weighted by atomic mass is 19.1. The van der Waals surface area contributed by atoms with E-state index in [9.17, 15) is 4.39 Å². The lowest BCUT2D eigenvalue weighted by molar-refractivity contribution is 0.338. The fraction of sp³-hybridized carbons (Fsp3) is 0.407. The maximum atomic E-state index is 14.9. The van der Waals surface area contributed by atoms with Gasteiger partial charge in [-0.3, -0.25) is 4.98 Å². The first-order valence-electron chi connectivity index (χ1n) is 11.4. The van der Waals surface area contributed by atoms with Crippen molar-refractivity contribution in [2.24, 2.45) is 5.92 Å². The van der Waals surface area contributed by atoms with Gasteiger partial charge in [-0.05, 0) is 66.1 Å². The van der Waals surface area contributed by atoms with Crippen molar-refractivity contribution in [2.45, 2.75) is 57.9 Å². The van der Waals surface area contributed by atoms with Crippen molar-refractivity contribution in [3.8, 4) is 11.1 Å². The van der Waals surface area contributed by atoms with E-state index in [0.29, 0.717) is 0 Å². The van der Waals surface area contributed by atoms with Gasteiger partial charge in [0.15, 0.2) is 0 Å². The van der Waals surface area contributed by atoms with E-state index >= 15 is 0 Å². The van der Waals surface area contributed by atoms with Crippen molar-refractivity contribution in [2.75, 3.05) is 6.54 Å². The highest BCUT2D eigenvalue weighted by Crippen LogP contribution is 2.32. The first-order valence-corrected chi connectivity index (χ1v) is 11.4.